The highest BCUT2D eigenvalue weighted by molar-refractivity contribution is 7.90. The van der Waals surface area contributed by atoms with Crippen LogP contribution in [0.25, 0.3) is 11.1 Å². The van der Waals surface area contributed by atoms with E-state index in [-0.39, 0.29) is 16.7 Å². The van der Waals surface area contributed by atoms with Crippen molar-refractivity contribution in [3.05, 3.63) is 82.9 Å². The smallest absolute Gasteiger partial charge is 0.337 e. The Kier molecular flexibility index (Phi) is 8.87. The zero-order valence-corrected chi connectivity index (χ0v) is 24.1. The van der Waals surface area contributed by atoms with Crippen molar-refractivity contribution in [3.8, 4) is 11.1 Å². The van der Waals surface area contributed by atoms with Crippen LogP contribution in [-0.4, -0.2) is 32.6 Å². The van der Waals surface area contributed by atoms with Crippen LogP contribution < -0.4 is 10.0 Å². The predicted octanol–water partition coefficient (Wildman–Crippen LogP) is 6.12. The molecular weight excluding hydrogens is 516 g/mol. The molecule has 3 rings (SSSR count). The van der Waals surface area contributed by atoms with E-state index in [0.717, 1.165) is 5.56 Å². The van der Waals surface area contributed by atoms with Crippen LogP contribution in [0.1, 0.15) is 80.4 Å². The summed E-state index contributed by atoms with van der Waals surface area (Å²) in [5.74, 6) is -0.676. The fraction of sp³-hybridized carbons (Fsp3) is 0.333. The molecule has 0 spiro atoms. The molecule has 3 N–H and O–H groups in total. The average Bonchev–Trinajstić information content (AvgIpc) is 2.87. The topological polar surface area (TPSA) is 122 Å². The van der Waals surface area contributed by atoms with Gasteiger partial charge in [-0.3, -0.25) is 0 Å². The minimum absolute atomic E-state index is 0.0871. The van der Waals surface area contributed by atoms with Crippen LogP contribution in [0.2, 0.25) is 0 Å². The van der Waals surface area contributed by atoms with E-state index < -0.39 is 27.6 Å². The molecule has 0 aliphatic rings. The number of methoxy groups -OCH3 is 1. The van der Waals surface area contributed by atoms with E-state index in [1.807, 2.05) is 58.0 Å². The Morgan fingerprint density at radius 1 is 0.872 bits per heavy atom. The van der Waals surface area contributed by atoms with Crippen molar-refractivity contribution in [2.45, 2.75) is 63.9 Å². The van der Waals surface area contributed by atoms with Gasteiger partial charge < -0.3 is 15.2 Å². The van der Waals surface area contributed by atoms with E-state index in [4.69, 9.17) is 4.74 Å². The van der Waals surface area contributed by atoms with E-state index >= 15 is 0 Å². The monoisotopic (exact) mass is 552 g/mol. The largest absolute Gasteiger partial charge is 0.465 e. The molecule has 0 aliphatic heterocycles. The molecule has 0 atom stereocenters. The van der Waals surface area contributed by atoms with E-state index in [0.29, 0.717) is 33.5 Å². The third-order valence-corrected chi connectivity index (χ3v) is 7.67. The second kappa shape index (κ2) is 11.6. The summed E-state index contributed by atoms with van der Waals surface area (Å²) in [6.45, 7) is 10.8. The van der Waals surface area contributed by atoms with E-state index in [1.54, 1.807) is 32.0 Å². The first-order valence-corrected chi connectivity index (χ1v) is 14.2. The quantitative estimate of drug-likeness (QED) is 0.289. The summed E-state index contributed by atoms with van der Waals surface area (Å²) in [6, 6.07) is 16.1. The maximum Gasteiger partial charge on any atom is 0.337 e. The van der Waals surface area contributed by atoms with Gasteiger partial charge in [0.1, 0.15) is 0 Å². The van der Waals surface area contributed by atoms with Gasteiger partial charge in [-0.05, 0) is 83.8 Å². The zero-order valence-electron chi connectivity index (χ0n) is 23.3. The zero-order chi connectivity index (χ0) is 29.1. The molecule has 39 heavy (non-hydrogen) atoms. The van der Waals surface area contributed by atoms with Gasteiger partial charge in [0.25, 0.3) is 10.0 Å². The Labute approximate surface area is 230 Å². The number of hydrogen-bond donors (Lipinski definition) is 3. The van der Waals surface area contributed by atoms with Crippen LogP contribution >= 0.6 is 0 Å². The highest BCUT2D eigenvalue weighted by atomic mass is 32.2. The summed E-state index contributed by atoms with van der Waals surface area (Å²) in [5, 5.41) is 13.4. The van der Waals surface area contributed by atoms with Gasteiger partial charge in [0.15, 0.2) is 0 Å². The highest BCUT2D eigenvalue weighted by Crippen LogP contribution is 2.35. The Balaban J connectivity index is 2.02. The van der Waals surface area contributed by atoms with Crippen molar-refractivity contribution in [2.75, 3.05) is 12.4 Å². The number of benzene rings is 3. The molecule has 3 aromatic rings. The van der Waals surface area contributed by atoms with Crippen LogP contribution in [0.5, 0.6) is 0 Å². The molecule has 0 saturated carbocycles. The lowest BCUT2D eigenvalue weighted by molar-refractivity contribution is 0.0600. The van der Waals surface area contributed by atoms with Crippen molar-refractivity contribution in [3.63, 3.8) is 0 Å². The van der Waals surface area contributed by atoms with Crippen molar-refractivity contribution in [1.82, 2.24) is 4.72 Å². The number of amides is 2. The van der Waals surface area contributed by atoms with Crippen molar-refractivity contribution < 1.29 is 27.9 Å². The number of aliphatic hydroxyl groups is 1. The predicted molar refractivity (Wildman–Crippen MR) is 152 cm³/mol. The minimum Gasteiger partial charge on any atom is -0.465 e. The number of carbonyl (C=O) groups excluding carboxylic acids is 2. The van der Waals surface area contributed by atoms with Gasteiger partial charge >= 0.3 is 12.0 Å². The summed E-state index contributed by atoms with van der Waals surface area (Å²) >= 11 is 0. The SMILES string of the molecule is COC(=O)c1cc(C(C)C)c(NC(=O)NS(=O)(=O)c2cc(-c3ccccc3)cc(C(C)(C)O)c2)c(C(C)C)c1. The molecule has 0 aromatic heterocycles. The second-order valence-corrected chi connectivity index (χ2v) is 12.2. The summed E-state index contributed by atoms with van der Waals surface area (Å²) in [4.78, 5) is 25.2. The van der Waals surface area contributed by atoms with Crippen LogP contribution in [0.4, 0.5) is 10.5 Å². The number of anilines is 1. The molecule has 8 nitrogen and oxygen atoms in total. The van der Waals surface area contributed by atoms with Crippen molar-refractivity contribution in [1.29, 1.82) is 0 Å². The van der Waals surface area contributed by atoms with Crippen LogP contribution in [0.15, 0.2) is 65.6 Å². The number of urea groups is 1. The van der Waals surface area contributed by atoms with Crippen molar-refractivity contribution in [2.24, 2.45) is 0 Å². The third-order valence-electron chi connectivity index (χ3n) is 6.36. The molecule has 0 bridgehead atoms. The maximum absolute atomic E-state index is 13.4. The fourth-order valence-electron chi connectivity index (χ4n) is 4.20. The van der Waals surface area contributed by atoms with Gasteiger partial charge in [-0.15, -0.1) is 0 Å². The summed E-state index contributed by atoms with van der Waals surface area (Å²) in [7, 11) is -3.03. The lowest BCUT2D eigenvalue weighted by Gasteiger charge is -2.22. The van der Waals surface area contributed by atoms with E-state index in [1.165, 1.54) is 19.2 Å². The number of rotatable bonds is 8. The molecule has 0 unspecified atom stereocenters. The Bertz CT molecular complexity index is 1440. The third kappa shape index (κ3) is 7.04. The fourth-order valence-corrected chi connectivity index (χ4v) is 5.18. The number of esters is 1. The van der Waals surface area contributed by atoms with E-state index in [2.05, 4.69) is 10.0 Å². The summed E-state index contributed by atoms with van der Waals surface area (Å²) in [6.07, 6.45) is 0. The first-order valence-electron chi connectivity index (χ1n) is 12.7. The van der Waals surface area contributed by atoms with Gasteiger partial charge in [0.2, 0.25) is 0 Å². The van der Waals surface area contributed by atoms with Gasteiger partial charge in [-0.25, -0.2) is 22.7 Å². The van der Waals surface area contributed by atoms with Gasteiger partial charge in [-0.2, -0.15) is 0 Å². The number of sulfonamides is 1. The van der Waals surface area contributed by atoms with Crippen LogP contribution in [-0.2, 0) is 20.4 Å². The van der Waals surface area contributed by atoms with Gasteiger partial charge in [0.05, 0.1) is 23.2 Å². The molecule has 3 aromatic carbocycles. The second-order valence-electron chi connectivity index (χ2n) is 10.6. The molecular formula is C30H36N2O6S. The molecule has 9 heteroatoms. The maximum atomic E-state index is 13.4. The first-order chi connectivity index (χ1) is 18.1. The normalized spacial score (nSPS) is 11.9. The molecule has 0 saturated heterocycles. The lowest BCUT2D eigenvalue weighted by Crippen LogP contribution is -2.35. The first kappa shape index (κ1) is 29.9. The summed E-state index contributed by atoms with van der Waals surface area (Å²) in [5.41, 5.74) is 2.53. The van der Waals surface area contributed by atoms with Crippen molar-refractivity contribution >= 4 is 27.7 Å². The number of hydrogen-bond acceptors (Lipinski definition) is 6. The van der Waals surface area contributed by atoms with E-state index in [9.17, 15) is 23.1 Å². The Morgan fingerprint density at radius 3 is 1.92 bits per heavy atom. The van der Waals surface area contributed by atoms with Gasteiger partial charge in [-0.1, -0.05) is 58.0 Å². The minimum atomic E-state index is -4.33. The molecule has 0 fully saturated rings. The number of ether oxygens (including phenoxy) is 1. The number of nitrogens with one attached hydrogen (secondary N) is 2. The molecule has 0 heterocycles. The highest BCUT2D eigenvalue weighted by Gasteiger charge is 2.26. The Hall–Kier alpha value is -3.69. The average molecular weight is 553 g/mol. The number of carbonyl (C=O) groups is 2. The Morgan fingerprint density at radius 2 is 1.44 bits per heavy atom. The molecule has 208 valence electrons. The van der Waals surface area contributed by atoms with Crippen LogP contribution in [0, 0.1) is 0 Å². The standard InChI is InChI=1S/C30H36N2O6S/c1-18(2)25-15-22(28(33)38-7)16-26(19(3)4)27(25)31-29(34)32-39(36,37)24-14-21(20-11-9-8-10-12-20)13-23(17-24)30(5,6)35/h8-19,35H,1-7H3,(H2,31,32,34). The van der Waals surface area contributed by atoms with Gasteiger partial charge in [0, 0.05) is 5.69 Å². The molecule has 0 radical (unpaired) electrons. The van der Waals surface area contributed by atoms with Crippen LogP contribution in [0.3, 0.4) is 0 Å². The molecule has 0 aliphatic carbocycles. The summed E-state index contributed by atoms with van der Waals surface area (Å²) < 4.78 is 33.8. The molecule has 2 amide bonds. The lowest BCUT2D eigenvalue weighted by atomic mass is 9.90.